The molecule has 0 saturated carbocycles. The molecule has 1 aromatic carbocycles. The number of hydrogen-bond donors (Lipinski definition) is 2. The molecule has 2 aromatic rings. The first-order chi connectivity index (χ1) is 12.8. The molecule has 27 heavy (non-hydrogen) atoms. The van der Waals surface area contributed by atoms with Gasteiger partial charge in [0.25, 0.3) is 10.0 Å². The van der Waals surface area contributed by atoms with Crippen molar-refractivity contribution in [3.8, 4) is 5.88 Å². The van der Waals surface area contributed by atoms with Gasteiger partial charge in [0.05, 0.1) is 19.3 Å². The van der Waals surface area contributed by atoms with Crippen molar-refractivity contribution < 1.29 is 27.5 Å². The zero-order valence-corrected chi connectivity index (χ0v) is 15.9. The summed E-state index contributed by atoms with van der Waals surface area (Å²) in [6.07, 6.45) is 0. The molecule has 0 aliphatic heterocycles. The topological polar surface area (TPSA) is 124 Å². The Labute approximate surface area is 160 Å². The zero-order chi connectivity index (χ0) is 20.0. The van der Waals surface area contributed by atoms with Gasteiger partial charge >= 0.3 is 12.0 Å². The number of carbonyl (C=O) groups excluding carboxylic acids is 2. The highest BCUT2D eigenvalue weighted by Crippen LogP contribution is 2.20. The lowest BCUT2D eigenvalue weighted by Crippen LogP contribution is -2.35. The van der Waals surface area contributed by atoms with E-state index in [4.69, 9.17) is 21.1 Å². The highest BCUT2D eigenvalue weighted by atomic mass is 35.5. The number of anilines is 1. The summed E-state index contributed by atoms with van der Waals surface area (Å²) in [6, 6.07) is 6.99. The number of hydrogen-bond acceptors (Lipinski definition) is 7. The van der Waals surface area contributed by atoms with Gasteiger partial charge in [-0.3, -0.25) is 5.32 Å². The van der Waals surface area contributed by atoms with Crippen molar-refractivity contribution in [3.63, 3.8) is 0 Å². The van der Waals surface area contributed by atoms with Crippen LogP contribution in [0.3, 0.4) is 0 Å². The summed E-state index contributed by atoms with van der Waals surface area (Å²) in [4.78, 5) is 27.5. The predicted molar refractivity (Wildman–Crippen MR) is 97.5 cm³/mol. The summed E-state index contributed by atoms with van der Waals surface area (Å²) >= 11 is 5.87. The minimum Gasteiger partial charge on any atom is -0.481 e. The van der Waals surface area contributed by atoms with E-state index in [-0.39, 0.29) is 28.9 Å². The molecule has 1 heterocycles. The Kier molecular flexibility index (Phi) is 6.59. The molecule has 0 radical (unpaired) electrons. The molecular formula is C16H16ClN3O6S. The van der Waals surface area contributed by atoms with E-state index in [2.05, 4.69) is 10.3 Å². The quantitative estimate of drug-likeness (QED) is 0.697. The Morgan fingerprint density at radius 2 is 1.93 bits per heavy atom. The van der Waals surface area contributed by atoms with E-state index in [1.807, 2.05) is 0 Å². The monoisotopic (exact) mass is 413 g/mol. The van der Waals surface area contributed by atoms with Gasteiger partial charge in [-0.05, 0) is 25.1 Å². The number of ether oxygens (including phenoxy) is 2. The standard InChI is InChI=1S/C16H16ClN3O6S/c1-3-26-15(21)11-6-4-5-7-12(11)27(23,24)20-16(22)19-13-8-10(17)9-14(18-13)25-2/h4-9H,3H2,1-2H3,(H2,18,19,20,22). The molecule has 1 aromatic heterocycles. The number of aromatic nitrogens is 1. The van der Waals surface area contributed by atoms with Gasteiger partial charge in [-0.1, -0.05) is 23.7 Å². The minimum atomic E-state index is -4.35. The average molecular weight is 414 g/mol. The summed E-state index contributed by atoms with van der Waals surface area (Å²) in [6.45, 7) is 1.66. The molecular weight excluding hydrogens is 398 g/mol. The van der Waals surface area contributed by atoms with E-state index in [1.165, 1.54) is 43.5 Å². The van der Waals surface area contributed by atoms with Crippen molar-refractivity contribution in [2.24, 2.45) is 0 Å². The van der Waals surface area contributed by atoms with Crippen LogP contribution in [0, 0.1) is 0 Å². The van der Waals surface area contributed by atoms with E-state index in [9.17, 15) is 18.0 Å². The van der Waals surface area contributed by atoms with Crippen LogP contribution < -0.4 is 14.8 Å². The Balaban J connectivity index is 2.23. The van der Waals surface area contributed by atoms with Crippen LogP contribution in [-0.4, -0.2) is 39.1 Å². The van der Waals surface area contributed by atoms with Gasteiger partial charge < -0.3 is 9.47 Å². The molecule has 0 unspecified atom stereocenters. The van der Waals surface area contributed by atoms with Gasteiger partial charge in [0.1, 0.15) is 10.7 Å². The third kappa shape index (κ3) is 5.31. The van der Waals surface area contributed by atoms with Gasteiger partial charge in [-0.2, -0.15) is 4.98 Å². The SMILES string of the molecule is CCOC(=O)c1ccccc1S(=O)(=O)NC(=O)Nc1cc(Cl)cc(OC)n1. The maximum Gasteiger partial charge on any atom is 0.339 e. The van der Waals surface area contributed by atoms with Crippen LogP contribution in [0.15, 0.2) is 41.3 Å². The molecule has 2 rings (SSSR count). The average Bonchev–Trinajstić information content (AvgIpc) is 2.60. The van der Waals surface area contributed by atoms with E-state index in [1.54, 1.807) is 11.6 Å². The van der Waals surface area contributed by atoms with Crippen molar-refractivity contribution in [2.45, 2.75) is 11.8 Å². The van der Waals surface area contributed by atoms with Gasteiger partial charge in [-0.25, -0.2) is 22.7 Å². The van der Waals surface area contributed by atoms with Crippen LogP contribution in [0.4, 0.5) is 10.6 Å². The third-order valence-corrected chi connectivity index (χ3v) is 4.72. The van der Waals surface area contributed by atoms with E-state index >= 15 is 0 Å². The first-order valence-corrected chi connectivity index (χ1v) is 9.44. The fourth-order valence-corrected chi connectivity index (χ4v) is 3.34. The first-order valence-electron chi connectivity index (χ1n) is 7.58. The summed E-state index contributed by atoms with van der Waals surface area (Å²) in [5.74, 6) is -0.709. The van der Waals surface area contributed by atoms with Crippen molar-refractivity contribution in [1.29, 1.82) is 0 Å². The second kappa shape index (κ2) is 8.69. The number of nitrogens with zero attached hydrogens (tertiary/aromatic N) is 1. The summed E-state index contributed by atoms with van der Waals surface area (Å²) in [5.41, 5.74) is -0.192. The largest absolute Gasteiger partial charge is 0.481 e. The molecule has 144 valence electrons. The molecule has 0 bridgehead atoms. The number of sulfonamides is 1. The number of nitrogens with one attached hydrogen (secondary N) is 2. The van der Waals surface area contributed by atoms with Crippen LogP contribution in [0.5, 0.6) is 5.88 Å². The lowest BCUT2D eigenvalue weighted by molar-refractivity contribution is 0.0521. The number of esters is 1. The summed E-state index contributed by atoms with van der Waals surface area (Å²) in [5, 5.41) is 2.47. The number of rotatable bonds is 6. The van der Waals surface area contributed by atoms with Gasteiger partial charge in [0.2, 0.25) is 5.88 Å². The van der Waals surface area contributed by atoms with Crippen molar-refractivity contribution in [2.75, 3.05) is 19.0 Å². The maximum atomic E-state index is 12.5. The van der Waals surface area contributed by atoms with Crippen LogP contribution >= 0.6 is 11.6 Å². The predicted octanol–water partition coefficient (Wildman–Crippen LogP) is 2.43. The van der Waals surface area contributed by atoms with E-state index in [0.29, 0.717) is 0 Å². The maximum absolute atomic E-state index is 12.5. The van der Waals surface area contributed by atoms with Crippen LogP contribution in [0.25, 0.3) is 0 Å². The van der Waals surface area contributed by atoms with Gasteiger partial charge in [0, 0.05) is 11.1 Å². The lowest BCUT2D eigenvalue weighted by atomic mass is 10.2. The fraction of sp³-hybridized carbons (Fsp3) is 0.188. The van der Waals surface area contributed by atoms with Crippen LogP contribution in [0.1, 0.15) is 17.3 Å². The Bertz CT molecular complexity index is 964. The highest BCUT2D eigenvalue weighted by molar-refractivity contribution is 7.90. The summed E-state index contributed by atoms with van der Waals surface area (Å²) < 4.78 is 36.6. The zero-order valence-electron chi connectivity index (χ0n) is 14.4. The number of amides is 2. The van der Waals surface area contributed by atoms with E-state index < -0.39 is 26.9 Å². The summed E-state index contributed by atoms with van der Waals surface area (Å²) in [7, 11) is -2.99. The van der Waals surface area contributed by atoms with Crippen LogP contribution in [0.2, 0.25) is 5.02 Å². The van der Waals surface area contributed by atoms with Crippen molar-refractivity contribution in [3.05, 3.63) is 47.0 Å². The molecule has 9 nitrogen and oxygen atoms in total. The lowest BCUT2D eigenvalue weighted by Gasteiger charge is -2.12. The minimum absolute atomic E-state index is 0.0225. The fourth-order valence-electron chi connectivity index (χ4n) is 2.04. The van der Waals surface area contributed by atoms with Crippen molar-refractivity contribution in [1.82, 2.24) is 9.71 Å². The molecule has 0 aliphatic carbocycles. The second-order valence-electron chi connectivity index (χ2n) is 4.99. The second-order valence-corrected chi connectivity index (χ2v) is 7.08. The Hall–Kier alpha value is -2.85. The number of halogens is 1. The highest BCUT2D eigenvalue weighted by Gasteiger charge is 2.25. The van der Waals surface area contributed by atoms with E-state index in [0.717, 1.165) is 0 Å². The normalized spacial score (nSPS) is 10.8. The number of carbonyl (C=O) groups is 2. The van der Waals surface area contributed by atoms with Gasteiger partial charge in [-0.15, -0.1) is 0 Å². The molecule has 0 spiro atoms. The van der Waals surface area contributed by atoms with Crippen LogP contribution in [-0.2, 0) is 14.8 Å². The number of methoxy groups -OCH3 is 1. The number of benzene rings is 1. The third-order valence-electron chi connectivity index (χ3n) is 3.12. The Morgan fingerprint density at radius 1 is 1.22 bits per heavy atom. The molecule has 0 saturated heterocycles. The van der Waals surface area contributed by atoms with Crippen molar-refractivity contribution >= 4 is 39.4 Å². The molecule has 0 fully saturated rings. The molecule has 0 aliphatic rings. The number of pyridine rings is 1. The smallest absolute Gasteiger partial charge is 0.339 e. The number of urea groups is 1. The first kappa shape index (κ1) is 20.5. The molecule has 11 heteroatoms. The molecule has 2 amide bonds. The Morgan fingerprint density at radius 3 is 2.59 bits per heavy atom. The van der Waals surface area contributed by atoms with Gasteiger partial charge in [0.15, 0.2) is 0 Å². The molecule has 0 atom stereocenters. The molecule has 2 N–H and O–H groups in total.